The van der Waals surface area contributed by atoms with Crippen LogP contribution in [0.2, 0.25) is 4.34 Å². The molecule has 1 heterocycles. The van der Waals surface area contributed by atoms with Gasteiger partial charge in [0.15, 0.2) is 0 Å². The van der Waals surface area contributed by atoms with Gasteiger partial charge >= 0.3 is 5.97 Å². The summed E-state index contributed by atoms with van der Waals surface area (Å²) in [5.41, 5.74) is 7.25. The van der Waals surface area contributed by atoms with Crippen molar-refractivity contribution in [1.82, 2.24) is 0 Å². The maximum atomic E-state index is 11.2. The Hall–Kier alpha value is -0.580. The number of aliphatic carboxylic acids is 1. The van der Waals surface area contributed by atoms with Crippen LogP contribution >= 0.6 is 22.9 Å². The van der Waals surface area contributed by atoms with Crippen LogP contribution < -0.4 is 5.73 Å². The quantitative estimate of drug-likeness (QED) is 0.839. The molecular formula is C15H22ClNO2S. The molecule has 112 valence electrons. The normalized spacial score (nSPS) is 19.8. The highest BCUT2D eigenvalue weighted by molar-refractivity contribution is 7.16. The van der Waals surface area contributed by atoms with Crippen LogP contribution in [0.1, 0.15) is 61.4 Å². The Labute approximate surface area is 129 Å². The van der Waals surface area contributed by atoms with Gasteiger partial charge in [-0.3, -0.25) is 4.79 Å². The molecule has 1 aromatic rings. The SMILES string of the molecule is Cc1cc(C(N)CC2(CC(=O)O)CCCCC2)sc1Cl. The summed E-state index contributed by atoms with van der Waals surface area (Å²) >= 11 is 7.63. The van der Waals surface area contributed by atoms with Crippen molar-refractivity contribution in [3.63, 3.8) is 0 Å². The molecule has 1 aromatic heterocycles. The molecule has 1 fully saturated rings. The smallest absolute Gasteiger partial charge is 0.303 e. The van der Waals surface area contributed by atoms with Gasteiger partial charge in [0.25, 0.3) is 0 Å². The van der Waals surface area contributed by atoms with E-state index in [-0.39, 0.29) is 17.9 Å². The third-order valence-electron chi connectivity index (χ3n) is 4.34. The number of hydrogen-bond acceptors (Lipinski definition) is 3. The fourth-order valence-electron chi connectivity index (χ4n) is 3.31. The number of nitrogens with two attached hydrogens (primary N) is 1. The minimum absolute atomic E-state index is 0.108. The van der Waals surface area contributed by atoms with Gasteiger partial charge in [-0.25, -0.2) is 0 Å². The molecule has 0 spiro atoms. The molecule has 0 aliphatic heterocycles. The van der Waals surface area contributed by atoms with Crippen molar-refractivity contribution in [1.29, 1.82) is 0 Å². The summed E-state index contributed by atoms with van der Waals surface area (Å²) in [5.74, 6) is -0.709. The van der Waals surface area contributed by atoms with Crippen molar-refractivity contribution < 1.29 is 9.90 Å². The van der Waals surface area contributed by atoms with Gasteiger partial charge in [0.05, 0.1) is 10.8 Å². The second-order valence-corrected chi connectivity index (χ2v) is 7.73. The molecule has 0 amide bonds. The molecule has 0 radical (unpaired) electrons. The van der Waals surface area contributed by atoms with E-state index in [0.717, 1.165) is 46.9 Å². The van der Waals surface area contributed by atoms with Gasteiger partial charge < -0.3 is 10.8 Å². The Balaban J connectivity index is 2.12. The summed E-state index contributed by atoms with van der Waals surface area (Å²) in [5, 5.41) is 9.20. The number of thiophene rings is 1. The fourth-order valence-corrected chi connectivity index (χ4v) is 4.53. The van der Waals surface area contributed by atoms with Crippen molar-refractivity contribution in [3.05, 3.63) is 20.8 Å². The highest BCUT2D eigenvalue weighted by Crippen LogP contribution is 2.46. The Kier molecular flexibility index (Phi) is 5.10. The van der Waals surface area contributed by atoms with Crippen molar-refractivity contribution in [2.75, 3.05) is 0 Å². The van der Waals surface area contributed by atoms with Crippen LogP contribution in [0.15, 0.2) is 6.07 Å². The van der Waals surface area contributed by atoms with E-state index in [4.69, 9.17) is 17.3 Å². The molecule has 1 aliphatic carbocycles. The third kappa shape index (κ3) is 3.74. The average molecular weight is 316 g/mol. The lowest BCUT2D eigenvalue weighted by atomic mass is 9.68. The second kappa shape index (κ2) is 6.46. The first-order valence-corrected chi connectivity index (χ1v) is 8.34. The summed E-state index contributed by atoms with van der Waals surface area (Å²) in [6.45, 7) is 1.97. The molecule has 1 unspecified atom stereocenters. The molecule has 2 rings (SSSR count). The van der Waals surface area contributed by atoms with Crippen LogP contribution in [0.5, 0.6) is 0 Å². The summed E-state index contributed by atoms with van der Waals surface area (Å²) < 4.78 is 0.784. The third-order valence-corrected chi connectivity index (χ3v) is 6.02. The predicted octanol–water partition coefficient (Wildman–Crippen LogP) is 4.53. The first-order valence-electron chi connectivity index (χ1n) is 7.15. The van der Waals surface area contributed by atoms with E-state index >= 15 is 0 Å². The molecule has 1 saturated carbocycles. The van der Waals surface area contributed by atoms with Crippen molar-refractivity contribution in [2.45, 2.75) is 57.9 Å². The number of carboxylic acids is 1. The van der Waals surface area contributed by atoms with Gasteiger partial charge in [0.2, 0.25) is 0 Å². The summed E-state index contributed by atoms with van der Waals surface area (Å²) in [6.07, 6.45) is 6.37. The number of carbonyl (C=O) groups is 1. The molecular weight excluding hydrogens is 294 g/mol. The van der Waals surface area contributed by atoms with Gasteiger partial charge in [-0.05, 0) is 43.2 Å². The number of halogens is 1. The van der Waals surface area contributed by atoms with Crippen molar-refractivity contribution >= 4 is 28.9 Å². The maximum Gasteiger partial charge on any atom is 0.303 e. The molecule has 3 N–H and O–H groups in total. The average Bonchev–Trinajstić information content (AvgIpc) is 2.69. The summed E-state index contributed by atoms with van der Waals surface area (Å²) in [6, 6.07) is 1.93. The van der Waals surface area contributed by atoms with Crippen LogP contribution in [0.4, 0.5) is 0 Å². The highest BCUT2D eigenvalue weighted by Gasteiger charge is 2.36. The van der Waals surface area contributed by atoms with E-state index in [1.54, 1.807) is 0 Å². The lowest BCUT2D eigenvalue weighted by Gasteiger charge is -2.38. The number of rotatable bonds is 5. The minimum Gasteiger partial charge on any atom is -0.481 e. The number of aryl methyl sites for hydroxylation is 1. The van der Waals surface area contributed by atoms with Crippen molar-refractivity contribution in [3.8, 4) is 0 Å². The topological polar surface area (TPSA) is 63.3 Å². The molecule has 1 atom stereocenters. The first kappa shape index (κ1) is 15.8. The van der Waals surface area contributed by atoms with Gasteiger partial charge in [-0.15, -0.1) is 11.3 Å². The van der Waals surface area contributed by atoms with E-state index in [1.807, 2.05) is 13.0 Å². The molecule has 0 aromatic carbocycles. The molecule has 20 heavy (non-hydrogen) atoms. The van der Waals surface area contributed by atoms with Gasteiger partial charge in [0.1, 0.15) is 0 Å². The Morgan fingerprint density at radius 2 is 2.15 bits per heavy atom. The highest BCUT2D eigenvalue weighted by atomic mass is 35.5. The summed E-state index contributed by atoms with van der Waals surface area (Å²) in [4.78, 5) is 12.3. The molecule has 3 nitrogen and oxygen atoms in total. The lowest BCUT2D eigenvalue weighted by Crippen LogP contribution is -2.31. The van der Waals surface area contributed by atoms with Crippen LogP contribution in [0.25, 0.3) is 0 Å². The minimum atomic E-state index is -0.709. The number of carboxylic acid groups (broad SMARTS) is 1. The molecule has 0 bridgehead atoms. The van der Waals surface area contributed by atoms with Crippen LogP contribution in [0, 0.1) is 12.3 Å². The zero-order chi connectivity index (χ0) is 14.8. The van der Waals surface area contributed by atoms with Crippen LogP contribution in [-0.2, 0) is 4.79 Å². The molecule has 0 saturated heterocycles. The second-order valence-electron chi connectivity index (χ2n) is 6.05. The van der Waals surface area contributed by atoms with Crippen LogP contribution in [0.3, 0.4) is 0 Å². The Morgan fingerprint density at radius 3 is 2.65 bits per heavy atom. The van der Waals surface area contributed by atoms with Gasteiger partial charge in [-0.2, -0.15) is 0 Å². The Morgan fingerprint density at radius 1 is 1.50 bits per heavy atom. The van der Waals surface area contributed by atoms with E-state index in [2.05, 4.69) is 0 Å². The lowest BCUT2D eigenvalue weighted by molar-refractivity contribution is -0.140. The van der Waals surface area contributed by atoms with Gasteiger partial charge in [0, 0.05) is 10.9 Å². The van der Waals surface area contributed by atoms with Crippen LogP contribution in [-0.4, -0.2) is 11.1 Å². The van der Waals surface area contributed by atoms with E-state index in [1.165, 1.54) is 17.8 Å². The predicted molar refractivity (Wildman–Crippen MR) is 83.4 cm³/mol. The van der Waals surface area contributed by atoms with E-state index in [9.17, 15) is 9.90 Å². The molecule has 5 heteroatoms. The van der Waals surface area contributed by atoms with E-state index in [0.29, 0.717) is 0 Å². The summed E-state index contributed by atoms with van der Waals surface area (Å²) in [7, 11) is 0. The standard InChI is InChI=1S/C15H22ClNO2S/c1-10-7-12(20-14(10)16)11(17)8-15(9-13(18)19)5-3-2-4-6-15/h7,11H,2-6,8-9,17H2,1H3,(H,18,19). The van der Waals surface area contributed by atoms with Gasteiger partial charge in [-0.1, -0.05) is 30.9 Å². The zero-order valence-corrected chi connectivity index (χ0v) is 13.4. The fraction of sp³-hybridized carbons (Fsp3) is 0.667. The Bertz CT molecular complexity index is 461. The largest absolute Gasteiger partial charge is 0.481 e. The molecule has 1 aliphatic rings. The first-order chi connectivity index (χ1) is 9.42. The van der Waals surface area contributed by atoms with Crippen molar-refractivity contribution in [2.24, 2.45) is 11.1 Å². The van der Waals surface area contributed by atoms with E-state index < -0.39 is 5.97 Å². The monoisotopic (exact) mass is 315 g/mol. The maximum absolute atomic E-state index is 11.2. The number of hydrogen-bond donors (Lipinski definition) is 2. The zero-order valence-electron chi connectivity index (χ0n) is 11.8.